The van der Waals surface area contributed by atoms with Gasteiger partial charge in [-0.15, -0.1) is 0 Å². The van der Waals surface area contributed by atoms with Gasteiger partial charge in [0.1, 0.15) is 18.2 Å². The number of aliphatic carboxylic acids is 1. The second kappa shape index (κ2) is 14.9. The van der Waals surface area contributed by atoms with Gasteiger partial charge in [0, 0.05) is 25.3 Å². The minimum absolute atomic E-state index is 0.252. The van der Waals surface area contributed by atoms with E-state index in [-0.39, 0.29) is 18.3 Å². The van der Waals surface area contributed by atoms with Crippen LogP contribution in [0.4, 0.5) is 14.9 Å². The number of hydrogen-bond acceptors (Lipinski definition) is 4. The second-order valence-electron chi connectivity index (χ2n) is 7.96. The first-order valence-corrected chi connectivity index (χ1v) is 11.8. The Morgan fingerprint density at radius 3 is 2.32 bits per heavy atom. The van der Waals surface area contributed by atoms with Crippen molar-refractivity contribution in [2.24, 2.45) is 0 Å². The number of urea groups is 1. The molecule has 0 saturated carbocycles. The highest BCUT2D eigenvalue weighted by Crippen LogP contribution is 2.15. The van der Waals surface area contributed by atoms with Gasteiger partial charge in [0.15, 0.2) is 6.10 Å². The summed E-state index contributed by atoms with van der Waals surface area (Å²) in [7, 11) is 0. The van der Waals surface area contributed by atoms with E-state index < -0.39 is 12.1 Å². The monoisotopic (exact) mass is 474 g/mol. The third kappa shape index (κ3) is 9.79. The molecule has 7 nitrogen and oxygen atoms in total. The van der Waals surface area contributed by atoms with Crippen molar-refractivity contribution in [3.05, 3.63) is 59.9 Å². The highest BCUT2D eigenvalue weighted by Gasteiger charge is 2.18. The van der Waals surface area contributed by atoms with E-state index in [1.165, 1.54) is 24.3 Å². The summed E-state index contributed by atoms with van der Waals surface area (Å²) in [6, 6.07) is 12.6. The maximum absolute atomic E-state index is 13.1. The van der Waals surface area contributed by atoms with Gasteiger partial charge in [-0.25, -0.2) is 14.0 Å². The summed E-state index contributed by atoms with van der Waals surface area (Å²) in [5, 5.41) is 12.0. The topological polar surface area (TPSA) is 88.1 Å². The molecule has 2 aromatic rings. The average Bonchev–Trinajstić information content (AvgIpc) is 2.82. The molecule has 0 aromatic heterocycles. The van der Waals surface area contributed by atoms with Crippen LogP contribution in [0.25, 0.3) is 0 Å². The van der Waals surface area contributed by atoms with E-state index in [0.717, 1.165) is 31.2 Å². The lowest BCUT2D eigenvalue weighted by atomic mass is 10.1. The van der Waals surface area contributed by atoms with Crippen LogP contribution in [0.2, 0.25) is 0 Å². The number of rotatable bonds is 15. The second-order valence-corrected chi connectivity index (χ2v) is 7.96. The number of benzene rings is 2. The van der Waals surface area contributed by atoms with Gasteiger partial charge >= 0.3 is 12.0 Å². The molecule has 2 aromatic carbocycles. The minimum Gasteiger partial charge on any atom is -0.492 e. The lowest BCUT2D eigenvalue weighted by Crippen LogP contribution is -2.38. The zero-order valence-corrected chi connectivity index (χ0v) is 20.0. The molecule has 34 heavy (non-hydrogen) atoms. The van der Waals surface area contributed by atoms with Gasteiger partial charge in [0.25, 0.3) is 0 Å². The molecule has 0 spiro atoms. The molecule has 0 radical (unpaired) electrons. The normalized spacial score (nSPS) is 11.6. The largest absolute Gasteiger partial charge is 0.492 e. The number of anilines is 1. The van der Waals surface area contributed by atoms with Crippen LogP contribution in [0, 0.1) is 5.82 Å². The van der Waals surface area contributed by atoms with Gasteiger partial charge in [-0.1, -0.05) is 38.3 Å². The van der Waals surface area contributed by atoms with E-state index in [0.29, 0.717) is 37.7 Å². The van der Waals surface area contributed by atoms with E-state index >= 15 is 0 Å². The third-order valence-electron chi connectivity index (χ3n) is 5.28. The summed E-state index contributed by atoms with van der Waals surface area (Å²) in [6.07, 6.45) is 3.56. The van der Waals surface area contributed by atoms with E-state index in [1.807, 2.05) is 12.1 Å². The highest BCUT2D eigenvalue weighted by molar-refractivity contribution is 5.89. The van der Waals surface area contributed by atoms with Crippen molar-refractivity contribution in [1.82, 2.24) is 4.90 Å². The van der Waals surface area contributed by atoms with Crippen molar-refractivity contribution in [2.45, 2.75) is 52.1 Å². The van der Waals surface area contributed by atoms with E-state index in [4.69, 9.17) is 9.47 Å². The van der Waals surface area contributed by atoms with Crippen LogP contribution in [0.3, 0.4) is 0 Å². The molecule has 186 valence electrons. The van der Waals surface area contributed by atoms with Gasteiger partial charge in [0.05, 0.1) is 6.54 Å². The maximum Gasteiger partial charge on any atom is 0.333 e. The van der Waals surface area contributed by atoms with Gasteiger partial charge < -0.3 is 24.8 Å². The van der Waals surface area contributed by atoms with E-state index in [2.05, 4.69) is 12.2 Å². The number of ether oxygens (including phenoxy) is 2. The zero-order valence-electron chi connectivity index (χ0n) is 20.0. The smallest absolute Gasteiger partial charge is 0.333 e. The summed E-state index contributed by atoms with van der Waals surface area (Å²) in [4.78, 5) is 25.7. The Morgan fingerprint density at radius 1 is 1.00 bits per heavy atom. The summed E-state index contributed by atoms with van der Waals surface area (Å²) in [6.45, 7) is 5.54. The molecule has 2 N–H and O–H groups in total. The standard InChI is InChI=1S/C26H35FN2O5/c1-3-5-6-7-16-29(26(32)28-22-12-10-21(27)11-13-22)17-18-34-23-14-8-20(9-15-23)19-24(25(30)31)33-4-2/h8-15,24H,3-7,16-19H2,1-2H3,(H,28,32)(H,30,31). The lowest BCUT2D eigenvalue weighted by molar-refractivity contribution is -0.149. The Hall–Kier alpha value is -3.13. The first-order chi connectivity index (χ1) is 16.4. The number of halogens is 1. The molecule has 1 atom stereocenters. The van der Waals surface area contributed by atoms with Gasteiger partial charge in [0.2, 0.25) is 0 Å². The summed E-state index contributed by atoms with van der Waals surface area (Å²) < 4.78 is 24.2. The van der Waals surface area contributed by atoms with Crippen molar-refractivity contribution < 1.29 is 28.6 Å². The van der Waals surface area contributed by atoms with Crippen LogP contribution in [-0.4, -0.2) is 54.4 Å². The van der Waals surface area contributed by atoms with Gasteiger partial charge in [-0.05, 0) is 55.3 Å². The Morgan fingerprint density at radius 2 is 1.71 bits per heavy atom. The van der Waals surface area contributed by atoms with Crippen molar-refractivity contribution >= 4 is 17.7 Å². The van der Waals surface area contributed by atoms with Crippen LogP contribution in [0.15, 0.2) is 48.5 Å². The molecule has 0 fully saturated rings. The maximum atomic E-state index is 13.1. The Bertz CT molecular complexity index is 874. The van der Waals surface area contributed by atoms with Crippen LogP contribution < -0.4 is 10.1 Å². The number of nitrogens with zero attached hydrogens (tertiary/aromatic N) is 1. The molecule has 0 aliphatic rings. The highest BCUT2D eigenvalue weighted by atomic mass is 19.1. The SMILES string of the molecule is CCCCCCN(CCOc1ccc(CC(OCC)C(=O)O)cc1)C(=O)Nc1ccc(F)cc1. The molecule has 1 unspecified atom stereocenters. The fraction of sp³-hybridized carbons (Fsp3) is 0.462. The van der Waals surface area contributed by atoms with Crippen molar-refractivity contribution in [1.29, 1.82) is 0 Å². The molecule has 8 heteroatoms. The fourth-order valence-corrected chi connectivity index (χ4v) is 3.41. The van der Waals surface area contributed by atoms with Crippen LogP contribution in [0.5, 0.6) is 5.75 Å². The summed E-state index contributed by atoms with van der Waals surface area (Å²) in [5.74, 6) is -0.706. The molecule has 2 amide bonds. The first kappa shape index (κ1) is 27.1. The number of unbranched alkanes of at least 4 members (excludes halogenated alkanes) is 3. The molecule has 0 saturated heterocycles. The molecule has 0 heterocycles. The minimum atomic E-state index is -0.986. The van der Waals surface area contributed by atoms with E-state index in [1.54, 1.807) is 24.0 Å². The quantitative estimate of drug-likeness (QED) is 0.340. The molecular weight excluding hydrogens is 439 g/mol. The predicted octanol–water partition coefficient (Wildman–Crippen LogP) is 5.35. The molecule has 0 bridgehead atoms. The first-order valence-electron chi connectivity index (χ1n) is 11.8. The predicted molar refractivity (Wildman–Crippen MR) is 130 cm³/mol. The molecule has 2 rings (SSSR count). The Kier molecular flexibility index (Phi) is 11.9. The van der Waals surface area contributed by atoms with Gasteiger partial charge in [-0.2, -0.15) is 0 Å². The number of amides is 2. The van der Waals surface area contributed by atoms with Crippen molar-refractivity contribution in [2.75, 3.05) is 31.6 Å². The Labute approximate surface area is 200 Å². The summed E-state index contributed by atoms with van der Waals surface area (Å²) >= 11 is 0. The lowest BCUT2D eigenvalue weighted by Gasteiger charge is -2.23. The van der Waals surface area contributed by atoms with Crippen molar-refractivity contribution in [3.63, 3.8) is 0 Å². The number of hydrogen-bond donors (Lipinski definition) is 2. The summed E-state index contributed by atoms with van der Waals surface area (Å²) in [5.41, 5.74) is 1.37. The molecule has 0 aliphatic heterocycles. The zero-order chi connectivity index (χ0) is 24.8. The number of carbonyl (C=O) groups is 2. The van der Waals surface area contributed by atoms with E-state index in [9.17, 15) is 19.1 Å². The van der Waals surface area contributed by atoms with Gasteiger partial charge in [-0.3, -0.25) is 0 Å². The molecule has 0 aliphatic carbocycles. The number of carboxylic acids is 1. The number of carboxylic acid groups (broad SMARTS) is 1. The van der Waals surface area contributed by atoms with Crippen LogP contribution >= 0.6 is 0 Å². The fourth-order valence-electron chi connectivity index (χ4n) is 3.41. The van der Waals surface area contributed by atoms with Crippen LogP contribution in [0.1, 0.15) is 45.1 Å². The van der Waals surface area contributed by atoms with Crippen LogP contribution in [-0.2, 0) is 16.0 Å². The number of carbonyl (C=O) groups excluding carboxylic acids is 1. The Balaban J connectivity index is 1.89. The third-order valence-corrected chi connectivity index (χ3v) is 5.28. The number of nitrogens with one attached hydrogen (secondary N) is 1. The van der Waals surface area contributed by atoms with Crippen molar-refractivity contribution in [3.8, 4) is 5.75 Å². The average molecular weight is 475 g/mol. The molecular formula is C26H35FN2O5.